The first-order valence-electron chi connectivity index (χ1n) is 5.72. The molecule has 0 aromatic heterocycles. The van der Waals surface area contributed by atoms with E-state index >= 15 is 0 Å². The van der Waals surface area contributed by atoms with Gasteiger partial charge in [-0.05, 0) is 49.4 Å². The first-order valence-corrected chi connectivity index (χ1v) is 5.72. The van der Waals surface area contributed by atoms with Gasteiger partial charge in [0.1, 0.15) is 0 Å². The number of nitrogens with two attached hydrogens (primary N) is 2. The zero-order chi connectivity index (χ0) is 11.4. The standard InChI is InChI=1S/C13H22N2/c1-4-5-6-7-11-10(3)13(15)9(2)8-12(11)14/h8H,4-7,14-15H2,1-3H3. The molecule has 1 aromatic carbocycles. The first kappa shape index (κ1) is 11.9. The Hall–Kier alpha value is -1.18. The Morgan fingerprint density at radius 2 is 1.80 bits per heavy atom. The summed E-state index contributed by atoms with van der Waals surface area (Å²) < 4.78 is 0. The Kier molecular flexibility index (Phi) is 4.01. The van der Waals surface area contributed by atoms with Crippen LogP contribution in [-0.2, 0) is 6.42 Å². The van der Waals surface area contributed by atoms with Gasteiger partial charge in [-0.15, -0.1) is 0 Å². The average Bonchev–Trinajstić information content (AvgIpc) is 2.20. The Bertz CT molecular complexity index is 343. The predicted molar refractivity (Wildman–Crippen MR) is 68.0 cm³/mol. The van der Waals surface area contributed by atoms with Crippen LogP contribution in [-0.4, -0.2) is 0 Å². The topological polar surface area (TPSA) is 52.0 Å². The second kappa shape index (κ2) is 5.06. The highest BCUT2D eigenvalue weighted by Crippen LogP contribution is 2.27. The molecular weight excluding hydrogens is 184 g/mol. The van der Waals surface area contributed by atoms with Gasteiger partial charge in [0, 0.05) is 11.4 Å². The fraction of sp³-hybridized carbons (Fsp3) is 0.538. The number of hydrogen-bond donors (Lipinski definition) is 2. The maximum Gasteiger partial charge on any atom is 0.0377 e. The number of unbranched alkanes of at least 4 members (excludes halogenated alkanes) is 2. The lowest BCUT2D eigenvalue weighted by molar-refractivity contribution is 0.716. The van der Waals surface area contributed by atoms with Gasteiger partial charge < -0.3 is 11.5 Å². The molecule has 2 nitrogen and oxygen atoms in total. The van der Waals surface area contributed by atoms with E-state index in [1.807, 2.05) is 13.0 Å². The van der Waals surface area contributed by atoms with Crippen molar-refractivity contribution in [3.8, 4) is 0 Å². The lowest BCUT2D eigenvalue weighted by Crippen LogP contribution is -2.03. The third-order valence-corrected chi connectivity index (χ3v) is 3.03. The zero-order valence-electron chi connectivity index (χ0n) is 10.1. The van der Waals surface area contributed by atoms with Gasteiger partial charge in [-0.3, -0.25) is 0 Å². The fourth-order valence-corrected chi connectivity index (χ4v) is 1.96. The summed E-state index contributed by atoms with van der Waals surface area (Å²) >= 11 is 0. The summed E-state index contributed by atoms with van der Waals surface area (Å²) in [5.41, 5.74) is 17.3. The van der Waals surface area contributed by atoms with E-state index in [1.54, 1.807) is 0 Å². The molecule has 0 radical (unpaired) electrons. The van der Waals surface area contributed by atoms with E-state index in [0.29, 0.717) is 0 Å². The summed E-state index contributed by atoms with van der Waals surface area (Å²) in [6, 6.07) is 1.99. The molecule has 15 heavy (non-hydrogen) atoms. The molecule has 0 fully saturated rings. The Morgan fingerprint density at radius 1 is 1.13 bits per heavy atom. The molecule has 0 saturated heterocycles. The number of rotatable bonds is 4. The highest BCUT2D eigenvalue weighted by molar-refractivity contribution is 5.65. The van der Waals surface area contributed by atoms with Crippen LogP contribution in [0, 0.1) is 13.8 Å². The largest absolute Gasteiger partial charge is 0.398 e. The highest BCUT2D eigenvalue weighted by atomic mass is 14.6. The average molecular weight is 206 g/mol. The van der Waals surface area contributed by atoms with Crippen molar-refractivity contribution in [1.82, 2.24) is 0 Å². The van der Waals surface area contributed by atoms with Gasteiger partial charge in [-0.2, -0.15) is 0 Å². The van der Waals surface area contributed by atoms with Crippen molar-refractivity contribution in [3.05, 3.63) is 22.8 Å². The van der Waals surface area contributed by atoms with E-state index in [4.69, 9.17) is 11.5 Å². The minimum atomic E-state index is 0.898. The third kappa shape index (κ3) is 2.65. The predicted octanol–water partition coefficient (Wildman–Crippen LogP) is 3.20. The van der Waals surface area contributed by atoms with Crippen molar-refractivity contribution < 1.29 is 0 Å². The van der Waals surface area contributed by atoms with Gasteiger partial charge >= 0.3 is 0 Å². The molecule has 0 aliphatic heterocycles. The quantitative estimate of drug-likeness (QED) is 0.587. The van der Waals surface area contributed by atoms with Crippen molar-refractivity contribution in [1.29, 1.82) is 0 Å². The van der Waals surface area contributed by atoms with Crippen molar-refractivity contribution in [2.24, 2.45) is 0 Å². The number of nitrogen functional groups attached to an aromatic ring is 2. The summed E-state index contributed by atoms with van der Waals surface area (Å²) in [5, 5.41) is 0. The van der Waals surface area contributed by atoms with Crippen LogP contribution in [0.2, 0.25) is 0 Å². The highest BCUT2D eigenvalue weighted by Gasteiger charge is 2.08. The van der Waals surface area contributed by atoms with E-state index in [-0.39, 0.29) is 0 Å². The summed E-state index contributed by atoms with van der Waals surface area (Å²) in [4.78, 5) is 0. The Labute approximate surface area is 92.7 Å². The van der Waals surface area contributed by atoms with E-state index in [2.05, 4.69) is 13.8 Å². The maximum atomic E-state index is 6.02. The molecule has 1 aromatic rings. The smallest absolute Gasteiger partial charge is 0.0377 e. The number of benzene rings is 1. The van der Waals surface area contributed by atoms with E-state index in [1.165, 1.54) is 30.4 Å². The van der Waals surface area contributed by atoms with Gasteiger partial charge in [-0.1, -0.05) is 19.8 Å². The van der Waals surface area contributed by atoms with E-state index < -0.39 is 0 Å². The molecule has 2 heteroatoms. The summed E-state index contributed by atoms with van der Waals surface area (Å²) in [5.74, 6) is 0. The molecule has 4 N–H and O–H groups in total. The maximum absolute atomic E-state index is 6.02. The van der Waals surface area contributed by atoms with Crippen molar-refractivity contribution >= 4 is 11.4 Å². The zero-order valence-corrected chi connectivity index (χ0v) is 10.1. The van der Waals surface area contributed by atoms with Crippen LogP contribution in [0.1, 0.15) is 42.9 Å². The molecule has 1 rings (SSSR count). The second-order valence-electron chi connectivity index (χ2n) is 4.26. The SMILES string of the molecule is CCCCCc1c(N)cc(C)c(N)c1C. The summed E-state index contributed by atoms with van der Waals surface area (Å²) in [6.45, 7) is 6.29. The molecule has 0 amide bonds. The normalized spacial score (nSPS) is 10.6. The van der Waals surface area contributed by atoms with Crippen molar-refractivity contribution in [3.63, 3.8) is 0 Å². The van der Waals surface area contributed by atoms with Crippen molar-refractivity contribution in [2.45, 2.75) is 46.5 Å². The summed E-state index contributed by atoms with van der Waals surface area (Å²) in [6.07, 6.45) is 4.74. The lowest BCUT2D eigenvalue weighted by atomic mass is 9.96. The third-order valence-electron chi connectivity index (χ3n) is 3.03. The molecule has 0 aliphatic carbocycles. The van der Waals surface area contributed by atoms with Crippen LogP contribution in [0.15, 0.2) is 6.07 Å². The molecule has 0 saturated carbocycles. The number of anilines is 2. The molecule has 84 valence electrons. The van der Waals surface area contributed by atoms with Gasteiger partial charge in [-0.25, -0.2) is 0 Å². The minimum absolute atomic E-state index is 0.898. The molecule has 0 spiro atoms. The molecular formula is C13H22N2. The molecule has 0 atom stereocenters. The first-order chi connectivity index (χ1) is 7.07. The minimum Gasteiger partial charge on any atom is -0.398 e. The second-order valence-corrected chi connectivity index (χ2v) is 4.26. The van der Waals surface area contributed by atoms with Crippen LogP contribution in [0.4, 0.5) is 11.4 Å². The molecule has 0 heterocycles. The van der Waals surface area contributed by atoms with E-state index in [9.17, 15) is 0 Å². The molecule has 0 unspecified atom stereocenters. The van der Waals surface area contributed by atoms with Crippen LogP contribution in [0.3, 0.4) is 0 Å². The van der Waals surface area contributed by atoms with Gasteiger partial charge in [0.2, 0.25) is 0 Å². The fourth-order valence-electron chi connectivity index (χ4n) is 1.96. The van der Waals surface area contributed by atoms with Gasteiger partial charge in [0.05, 0.1) is 0 Å². The molecule has 0 aliphatic rings. The lowest BCUT2D eigenvalue weighted by Gasteiger charge is -2.14. The monoisotopic (exact) mass is 206 g/mol. The Balaban J connectivity index is 2.92. The van der Waals surface area contributed by atoms with Gasteiger partial charge in [0.25, 0.3) is 0 Å². The Morgan fingerprint density at radius 3 is 2.40 bits per heavy atom. The van der Waals surface area contributed by atoms with Crippen LogP contribution in [0.25, 0.3) is 0 Å². The molecule has 0 bridgehead atoms. The number of hydrogen-bond acceptors (Lipinski definition) is 2. The van der Waals surface area contributed by atoms with Crippen molar-refractivity contribution in [2.75, 3.05) is 11.5 Å². The van der Waals surface area contributed by atoms with Crippen LogP contribution in [0.5, 0.6) is 0 Å². The summed E-state index contributed by atoms with van der Waals surface area (Å²) in [7, 11) is 0. The number of aryl methyl sites for hydroxylation is 1. The van der Waals surface area contributed by atoms with Crippen LogP contribution < -0.4 is 11.5 Å². The van der Waals surface area contributed by atoms with E-state index in [0.717, 1.165) is 23.4 Å². The van der Waals surface area contributed by atoms with Gasteiger partial charge in [0.15, 0.2) is 0 Å². The van der Waals surface area contributed by atoms with Crippen LogP contribution >= 0.6 is 0 Å².